The van der Waals surface area contributed by atoms with Crippen LogP contribution >= 0.6 is 0 Å². The lowest BCUT2D eigenvalue weighted by atomic mass is 10.1. The van der Waals surface area contributed by atoms with Crippen LogP contribution in [0.1, 0.15) is 30.5 Å². The van der Waals surface area contributed by atoms with E-state index in [9.17, 15) is 9.90 Å². The van der Waals surface area contributed by atoms with Gasteiger partial charge in [-0.3, -0.25) is 0 Å². The largest absolute Gasteiger partial charge is 0.389 e. The van der Waals surface area contributed by atoms with Crippen LogP contribution < -0.4 is 5.32 Å². The Labute approximate surface area is 148 Å². The Balaban J connectivity index is 1.74. The molecule has 0 fully saturated rings. The summed E-state index contributed by atoms with van der Waals surface area (Å²) >= 11 is 0. The number of ether oxygens (including phenoxy) is 1. The first-order valence-corrected chi connectivity index (χ1v) is 8.42. The van der Waals surface area contributed by atoms with Crippen LogP contribution in [0, 0.1) is 0 Å². The Morgan fingerprint density at radius 2 is 1.88 bits per heavy atom. The van der Waals surface area contributed by atoms with Gasteiger partial charge in [0.15, 0.2) is 0 Å². The van der Waals surface area contributed by atoms with Gasteiger partial charge in [-0.25, -0.2) is 4.79 Å². The maximum Gasteiger partial charge on any atom is 0.322 e. The quantitative estimate of drug-likeness (QED) is 0.875. The topological polar surface area (TPSA) is 61.8 Å². The lowest BCUT2D eigenvalue weighted by molar-refractivity contribution is 0.0469. The van der Waals surface area contributed by atoms with Crippen molar-refractivity contribution >= 4 is 11.7 Å². The van der Waals surface area contributed by atoms with E-state index >= 15 is 0 Å². The first-order valence-electron chi connectivity index (χ1n) is 8.42. The number of benzene rings is 2. The fraction of sp³-hybridized carbons (Fsp3) is 0.350. The van der Waals surface area contributed by atoms with Crippen LogP contribution in [0.3, 0.4) is 0 Å². The molecule has 2 amide bonds. The molecule has 0 saturated carbocycles. The van der Waals surface area contributed by atoms with E-state index in [4.69, 9.17) is 4.74 Å². The van der Waals surface area contributed by atoms with Gasteiger partial charge in [0.25, 0.3) is 0 Å². The highest BCUT2D eigenvalue weighted by molar-refractivity contribution is 5.89. The standard InChI is InChI=1S/C20H24N2O3/c1-20(2,24)14-22(11-15-6-4-3-5-7-15)19(23)21-18-9-8-16-12-25-13-17(16)10-18/h3-10,24H,11-14H2,1-2H3,(H,21,23). The maximum absolute atomic E-state index is 12.8. The molecule has 0 atom stereocenters. The summed E-state index contributed by atoms with van der Waals surface area (Å²) in [7, 11) is 0. The van der Waals surface area contributed by atoms with E-state index in [-0.39, 0.29) is 12.6 Å². The molecule has 1 heterocycles. The van der Waals surface area contributed by atoms with Crippen molar-refractivity contribution in [3.8, 4) is 0 Å². The molecule has 2 aromatic rings. The average molecular weight is 340 g/mol. The molecule has 2 aromatic carbocycles. The third kappa shape index (κ3) is 4.81. The van der Waals surface area contributed by atoms with Crippen molar-refractivity contribution in [3.05, 3.63) is 65.2 Å². The number of carbonyl (C=O) groups excluding carboxylic acids is 1. The van der Waals surface area contributed by atoms with Gasteiger partial charge in [-0.1, -0.05) is 36.4 Å². The molecule has 0 unspecified atom stereocenters. The molecule has 1 aliphatic heterocycles. The number of fused-ring (bicyclic) bond motifs is 1. The summed E-state index contributed by atoms with van der Waals surface area (Å²) in [6.45, 7) is 5.28. The van der Waals surface area contributed by atoms with Crippen LogP contribution in [0.25, 0.3) is 0 Å². The molecular formula is C20H24N2O3. The zero-order chi connectivity index (χ0) is 17.9. The van der Waals surface area contributed by atoms with Crippen LogP contribution in [-0.2, 0) is 24.5 Å². The summed E-state index contributed by atoms with van der Waals surface area (Å²) in [6, 6.07) is 15.3. The van der Waals surface area contributed by atoms with Gasteiger partial charge >= 0.3 is 6.03 Å². The predicted octanol–water partition coefficient (Wildman–Crippen LogP) is 3.52. The molecule has 0 aliphatic carbocycles. The molecule has 132 valence electrons. The lowest BCUT2D eigenvalue weighted by Gasteiger charge is -2.29. The van der Waals surface area contributed by atoms with Crippen LogP contribution in [0.2, 0.25) is 0 Å². The van der Waals surface area contributed by atoms with Gasteiger partial charge in [-0.2, -0.15) is 0 Å². The Hall–Kier alpha value is -2.37. The van der Waals surface area contributed by atoms with Gasteiger partial charge in [-0.15, -0.1) is 0 Å². The lowest BCUT2D eigenvalue weighted by Crippen LogP contribution is -2.43. The molecule has 0 aromatic heterocycles. The van der Waals surface area contributed by atoms with E-state index in [1.54, 1.807) is 18.7 Å². The Bertz CT molecular complexity index is 738. The number of rotatable bonds is 5. The Morgan fingerprint density at radius 3 is 2.60 bits per heavy atom. The second kappa shape index (κ2) is 7.25. The molecule has 25 heavy (non-hydrogen) atoms. The normalized spacial score (nSPS) is 13.4. The van der Waals surface area contributed by atoms with Crippen molar-refractivity contribution in [2.75, 3.05) is 11.9 Å². The predicted molar refractivity (Wildman–Crippen MR) is 97.1 cm³/mol. The number of nitrogens with one attached hydrogen (secondary N) is 1. The van der Waals surface area contributed by atoms with Gasteiger partial charge in [0.2, 0.25) is 0 Å². The summed E-state index contributed by atoms with van der Waals surface area (Å²) in [4.78, 5) is 14.4. The number of anilines is 1. The third-order valence-electron chi connectivity index (χ3n) is 4.05. The van der Waals surface area contributed by atoms with Crippen molar-refractivity contribution in [2.45, 2.75) is 39.2 Å². The molecular weight excluding hydrogens is 316 g/mol. The number of urea groups is 1. The first-order chi connectivity index (χ1) is 11.9. The summed E-state index contributed by atoms with van der Waals surface area (Å²) in [6.07, 6.45) is 0. The maximum atomic E-state index is 12.8. The fourth-order valence-electron chi connectivity index (χ4n) is 2.92. The van der Waals surface area contributed by atoms with E-state index in [2.05, 4.69) is 5.32 Å². The van der Waals surface area contributed by atoms with Gasteiger partial charge in [0, 0.05) is 12.2 Å². The average Bonchev–Trinajstić information content (AvgIpc) is 3.01. The Kier molecular flexibility index (Phi) is 5.06. The van der Waals surface area contributed by atoms with E-state index in [0.29, 0.717) is 19.8 Å². The van der Waals surface area contributed by atoms with E-state index < -0.39 is 5.60 Å². The van der Waals surface area contributed by atoms with Crippen molar-refractivity contribution in [2.24, 2.45) is 0 Å². The van der Waals surface area contributed by atoms with Crippen LogP contribution in [0.5, 0.6) is 0 Å². The first kappa shape index (κ1) is 17.5. The minimum atomic E-state index is -0.974. The molecule has 3 rings (SSSR count). The smallest absolute Gasteiger partial charge is 0.322 e. The molecule has 0 bridgehead atoms. The summed E-state index contributed by atoms with van der Waals surface area (Å²) in [5.41, 5.74) is 3.05. The number of amides is 2. The minimum Gasteiger partial charge on any atom is -0.389 e. The van der Waals surface area contributed by atoms with E-state index in [1.165, 1.54) is 0 Å². The van der Waals surface area contributed by atoms with Crippen LogP contribution in [0.15, 0.2) is 48.5 Å². The van der Waals surface area contributed by atoms with Crippen LogP contribution in [0.4, 0.5) is 10.5 Å². The molecule has 0 saturated heterocycles. The number of hydrogen-bond acceptors (Lipinski definition) is 3. The molecule has 2 N–H and O–H groups in total. The van der Waals surface area contributed by atoms with Crippen molar-refractivity contribution in [3.63, 3.8) is 0 Å². The highest BCUT2D eigenvalue weighted by Gasteiger charge is 2.23. The van der Waals surface area contributed by atoms with Crippen LogP contribution in [-0.4, -0.2) is 28.2 Å². The highest BCUT2D eigenvalue weighted by atomic mass is 16.5. The molecule has 5 nitrogen and oxygen atoms in total. The van der Waals surface area contributed by atoms with Crippen molar-refractivity contribution in [1.29, 1.82) is 0 Å². The second-order valence-corrected chi connectivity index (χ2v) is 7.06. The number of aliphatic hydroxyl groups is 1. The summed E-state index contributed by atoms with van der Waals surface area (Å²) < 4.78 is 5.41. The minimum absolute atomic E-state index is 0.232. The van der Waals surface area contributed by atoms with Crippen molar-refractivity contribution < 1.29 is 14.6 Å². The zero-order valence-electron chi connectivity index (χ0n) is 14.7. The van der Waals surface area contributed by atoms with E-state index in [0.717, 1.165) is 22.4 Å². The SMILES string of the molecule is CC(C)(O)CN(Cc1ccccc1)C(=O)Nc1ccc2c(c1)COC2. The van der Waals surface area contributed by atoms with Gasteiger partial charge in [0.1, 0.15) is 0 Å². The van der Waals surface area contributed by atoms with Gasteiger partial charge in [-0.05, 0) is 42.7 Å². The Morgan fingerprint density at radius 1 is 1.16 bits per heavy atom. The van der Waals surface area contributed by atoms with Crippen molar-refractivity contribution in [1.82, 2.24) is 4.90 Å². The van der Waals surface area contributed by atoms with Gasteiger partial charge < -0.3 is 20.1 Å². The zero-order valence-corrected chi connectivity index (χ0v) is 14.7. The number of nitrogens with zero attached hydrogens (tertiary/aromatic N) is 1. The monoisotopic (exact) mass is 340 g/mol. The number of hydrogen-bond donors (Lipinski definition) is 2. The van der Waals surface area contributed by atoms with E-state index in [1.807, 2.05) is 48.5 Å². The number of carbonyl (C=O) groups is 1. The van der Waals surface area contributed by atoms with Gasteiger partial charge in [0.05, 0.1) is 25.4 Å². The summed E-state index contributed by atoms with van der Waals surface area (Å²) in [5, 5.41) is 13.1. The highest BCUT2D eigenvalue weighted by Crippen LogP contribution is 2.23. The molecule has 0 radical (unpaired) electrons. The molecule has 1 aliphatic rings. The molecule has 5 heteroatoms. The second-order valence-electron chi connectivity index (χ2n) is 7.06. The molecule has 0 spiro atoms. The fourth-order valence-corrected chi connectivity index (χ4v) is 2.92. The third-order valence-corrected chi connectivity index (χ3v) is 4.05. The summed E-state index contributed by atoms with van der Waals surface area (Å²) in [5.74, 6) is 0.